The minimum absolute atomic E-state index is 0.573. The van der Waals surface area contributed by atoms with E-state index in [4.69, 9.17) is 5.11 Å². The summed E-state index contributed by atoms with van der Waals surface area (Å²) in [5.74, 6) is 4.75. The number of hydrogen-bond donors (Lipinski definition) is 2. The lowest BCUT2D eigenvalue weighted by molar-refractivity contribution is 0.200. The van der Waals surface area contributed by atoms with Crippen LogP contribution in [0.2, 0.25) is 0 Å². The van der Waals surface area contributed by atoms with Crippen molar-refractivity contribution in [1.82, 2.24) is 5.32 Å². The average molecular weight is 237 g/mol. The molecule has 1 aromatic carbocycles. The van der Waals surface area contributed by atoms with Crippen LogP contribution in [0, 0.1) is 11.8 Å². The molecule has 0 aliphatic carbocycles. The third-order valence-corrected chi connectivity index (χ3v) is 2.02. The second-order valence-electron chi connectivity index (χ2n) is 2.61. The molecule has 0 aliphatic heterocycles. The number of carboxylic acid groups (broad SMARTS) is 1. The van der Waals surface area contributed by atoms with Crippen molar-refractivity contribution in [3.63, 3.8) is 0 Å². The molecular formula is C10H7NO4S. The quantitative estimate of drug-likeness (QED) is 0.502. The van der Waals surface area contributed by atoms with Gasteiger partial charge in [0, 0.05) is 5.56 Å². The Bertz CT molecular complexity index is 570. The third-order valence-electron chi connectivity index (χ3n) is 1.48. The Hall–Kier alpha value is -2.26. The van der Waals surface area contributed by atoms with Crippen molar-refractivity contribution in [2.45, 2.75) is 0 Å². The van der Waals surface area contributed by atoms with E-state index in [1.54, 1.807) is 35.6 Å². The summed E-state index contributed by atoms with van der Waals surface area (Å²) in [4.78, 5) is 9.68. The standard InChI is InChI=1S/C10H7NO4S/c12-10(13)11-9(16(14)15)7-6-8-4-2-1-3-5-8/h1-5,11H,(H,12,13). The van der Waals surface area contributed by atoms with Crippen LogP contribution >= 0.6 is 0 Å². The van der Waals surface area contributed by atoms with Crippen molar-refractivity contribution >= 4 is 21.4 Å². The molecule has 0 saturated carbocycles. The Morgan fingerprint density at radius 3 is 2.38 bits per heavy atom. The Labute approximate surface area is 93.3 Å². The van der Waals surface area contributed by atoms with Gasteiger partial charge in [-0.1, -0.05) is 24.1 Å². The molecule has 0 heterocycles. The highest BCUT2D eigenvalue weighted by molar-refractivity contribution is 7.73. The van der Waals surface area contributed by atoms with Crippen LogP contribution in [0.3, 0.4) is 0 Å². The van der Waals surface area contributed by atoms with Crippen LogP contribution in [0.4, 0.5) is 4.79 Å². The molecule has 0 bridgehead atoms. The Balaban J connectivity index is 3.00. The summed E-state index contributed by atoms with van der Waals surface area (Å²) in [5.41, 5.74) is 0.595. The summed E-state index contributed by atoms with van der Waals surface area (Å²) in [7, 11) is -2.70. The maximum Gasteiger partial charge on any atom is 0.410 e. The fraction of sp³-hybridized carbons (Fsp3) is 0. The van der Waals surface area contributed by atoms with Crippen LogP contribution in [-0.2, 0) is 10.3 Å². The van der Waals surface area contributed by atoms with E-state index in [9.17, 15) is 13.2 Å². The highest BCUT2D eigenvalue weighted by atomic mass is 32.2. The Kier molecular flexibility index (Phi) is 4.12. The van der Waals surface area contributed by atoms with Gasteiger partial charge in [-0.05, 0) is 18.1 Å². The molecule has 0 radical (unpaired) electrons. The van der Waals surface area contributed by atoms with Gasteiger partial charge in [0.1, 0.15) is 0 Å². The number of carbonyl (C=O) groups is 1. The Morgan fingerprint density at radius 2 is 1.88 bits per heavy atom. The molecule has 1 rings (SSSR count). The summed E-state index contributed by atoms with van der Waals surface area (Å²) in [6, 6.07) is 8.63. The van der Waals surface area contributed by atoms with E-state index in [2.05, 4.69) is 11.8 Å². The zero-order valence-corrected chi connectivity index (χ0v) is 8.78. The fourth-order valence-electron chi connectivity index (χ4n) is 0.862. The zero-order chi connectivity index (χ0) is 12.0. The maximum atomic E-state index is 10.6. The van der Waals surface area contributed by atoms with Crippen LogP contribution < -0.4 is 5.32 Å². The van der Waals surface area contributed by atoms with Gasteiger partial charge >= 0.3 is 6.09 Å². The van der Waals surface area contributed by atoms with Crippen LogP contribution in [0.25, 0.3) is 0 Å². The first-order valence-electron chi connectivity index (χ1n) is 4.13. The van der Waals surface area contributed by atoms with Gasteiger partial charge in [-0.25, -0.2) is 4.79 Å². The SMILES string of the molecule is O=C(O)NC(C#Cc1ccccc1)=S(=O)=O. The van der Waals surface area contributed by atoms with Crippen molar-refractivity contribution in [3.8, 4) is 11.8 Å². The van der Waals surface area contributed by atoms with Gasteiger partial charge in [-0.2, -0.15) is 8.42 Å². The molecule has 2 N–H and O–H groups in total. The first kappa shape index (κ1) is 11.8. The fourth-order valence-corrected chi connectivity index (χ4v) is 1.17. The van der Waals surface area contributed by atoms with Crippen LogP contribution in [0.5, 0.6) is 0 Å². The molecular weight excluding hydrogens is 230 g/mol. The molecule has 6 heteroatoms. The smallest absolute Gasteiger partial charge is 0.410 e. The molecule has 1 aromatic rings. The molecule has 5 nitrogen and oxygen atoms in total. The summed E-state index contributed by atoms with van der Waals surface area (Å²) in [5, 5.41) is 10.1. The van der Waals surface area contributed by atoms with Gasteiger partial charge in [0.15, 0.2) is 0 Å². The van der Waals surface area contributed by atoms with E-state index in [1.165, 1.54) is 0 Å². The normalized spacial score (nSPS) is 8.50. The van der Waals surface area contributed by atoms with Gasteiger partial charge in [0.05, 0.1) is 0 Å². The highest BCUT2D eigenvalue weighted by Gasteiger charge is 2.00. The number of nitrogens with one attached hydrogen (secondary N) is 1. The summed E-state index contributed by atoms with van der Waals surface area (Å²) < 4.78 is 21.2. The largest absolute Gasteiger partial charge is 0.465 e. The molecule has 0 atom stereocenters. The minimum Gasteiger partial charge on any atom is -0.465 e. The van der Waals surface area contributed by atoms with Crippen molar-refractivity contribution in [1.29, 1.82) is 0 Å². The maximum absolute atomic E-state index is 10.6. The van der Waals surface area contributed by atoms with Crippen molar-refractivity contribution < 1.29 is 18.3 Å². The number of hydrogen-bond acceptors (Lipinski definition) is 3. The molecule has 0 aromatic heterocycles. The van der Waals surface area contributed by atoms with Crippen molar-refractivity contribution in [2.75, 3.05) is 0 Å². The van der Waals surface area contributed by atoms with E-state index in [0.29, 0.717) is 5.56 Å². The van der Waals surface area contributed by atoms with Crippen LogP contribution in [0.15, 0.2) is 30.3 Å². The first-order chi connectivity index (χ1) is 7.59. The van der Waals surface area contributed by atoms with Crippen molar-refractivity contribution in [3.05, 3.63) is 35.9 Å². The van der Waals surface area contributed by atoms with E-state index in [1.807, 2.05) is 0 Å². The van der Waals surface area contributed by atoms with Gasteiger partial charge < -0.3 is 5.11 Å². The molecule has 0 spiro atoms. The number of rotatable bonds is 0. The molecule has 1 amide bonds. The molecule has 82 valence electrons. The topological polar surface area (TPSA) is 83.5 Å². The summed E-state index contributed by atoms with van der Waals surface area (Å²) in [6.45, 7) is 0. The molecule has 16 heavy (non-hydrogen) atoms. The minimum atomic E-state index is -2.70. The monoisotopic (exact) mass is 237 g/mol. The molecule has 0 fully saturated rings. The second-order valence-corrected chi connectivity index (χ2v) is 3.49. The second kappa shape index (κ2) is 5.58. The van der Waals surface area contributed by atoms with E-state index in [-0.39, 0.29) is 0 Å². The van der Waals surface area contributed by atoms with Gasteiger partial charge in [0.2, 0.25) is 15.3 Å². The molecule has 0 saturated heterocycles. The molecule has 0 unspecified atom stereocenters. The predicted molar refractivity (Wildman–Crippen MR) is 58.4 cm³/mol. The summed E-state index contributed by atoms with van der Waals surface area (Å²) >= 11 is 0. The lowest BCUT2D eigenvalue weighted by atomic mass is 10.2. The van der Waals surface area contributed by atoms with Gasteiger partial charge in [0.25, 0.3) is 0 Å². The number of benzene rings is 1. The average Bonchev–Trinajstić information content (AvgIpc) is 2.25. The van der Waals surface area contributed by atoms with Crippen molar-refractivity contribution in [2.24, 2.45) is 0 Å². The predicted octanol–water partition coefficient (Wildman–Crippen LogP) is 0.315. The summed E-state index contributed by atoms with van der Waals surface area (Å²) in [6.07, 6.45) is -1.47. The van der Waals surface area contributed by atoms with E-state index < -0.39 is 21.4 Å². The highest BCUT2D eigenvalue weighted by Crippen LogP contribution is 1.94. The third kappa shape index (κ3) is 3.86. The Morgan fingerprint density at radius 1 is 1.25 bits per heavy atom. The first-order valence-corrected chi connectivity index (χ1v) is 5.20. The number of amides is 1. The van der Waals surface area contributed by atoms with Gasteiger partial charge in [-0.15, -0.1) is 0 Å². The molecule has 0 aliphatic rings. The van der Waals surface area contributed by atoms with Crippen LogP contribution in [0.1, 0.15) is 5.56 Å². The lowest BCUT2D eigenvalue weighted by Crippen LogP contribution is -2.28. The van der Waals surface area contributed by atoms with E-state index >= 15 is 0 Å². The van der Waals surface area contributed by atoms with E-state index in [0.717, 1.165) is 0 Å². The zero-order valence-electron chi connectivity index (χ0n) is 7.97. The lowest BCUT2D eigenvalue weighted by Gasteiger charge is -1.91. The van der Waals surface area contributed by atoms with Gasteiger partial charge in [-0.3, -0.25) is 5.32 Å². The van der Waals surface area contributed by atoms with Crippen LogP contribution in [-0.4, -0.2) is 24.6 Å².